The van der Waals surface area contributed by atoms with Gasteiger partial charge in [-0.05, 0) is 70.1 Å². The van der Waals surface area contributed by atoms with Gasteiger partial charge in [-0.2, -0.15) is 17.6 Å². The molecule has 0 amide bonds. The number of benzene rings is 1. The minimum atomic E-state index is -4.59. The molecule has 1 fully saturated rings. The Morgan fingerprint density at radius 1 is 0.946 bits per heavy atom. The first kappa shape index (κ1) is 26.6. The monoisotopic (exact) mass is 518 g/mol. The maximum atomic E-state index is 13.3. The van der Waals surface area contributed by atoms with Crippen LogP contribution in [-0.2, 0) is 0 Å². The molecule has 0 unspecified atom stereocenters. The van der Waals surface area contributed by atoms with E-state index in [-0.39, 0.29) is 5.95 Å². The SMILES string of the molecule is CN(C)C1CCC(N(C)c2cc(-c3ccnc(Nc4cccc(OC(F)(F)C(F)F)c4)n3)ccn2)CC1. The molecule has 4 rings (SSSR count). The van der Waals surface area contributed by atoms with Crippen LogP contribution in [0.15, 0.2) is 54.9 Å². The summed E-state index contributed by atoms with van der Waals surface area (Å²) in [5.41, 5.74) is 1.80. The first-order chi connectivity index (χ1) is 17.6. The third-order valence-corrected chi connectivity index (χ3v) is 6.60. The summed E-state index contributed by atoms with van der Waals surface area (Å²) in [7, 11) is 6.31. The highest BCUT2D eigenvalue weighted by atomic mass is 19.3. The van der Waals surface area contributed by atoms with Gasteiger partial charge < -0.3 is 19.9 Å². The quantitative estimate of drug-likeness (QED) is 0.358. The Labute approximate surface area is 213 Å². The largest absolute Gasteiger partial charge is 0.461 e. The highest BCUT2D eigenvalue weighted by molar-refractivity contribution is 5.65. The minimum absolute atomic E-state index is 0.212. The van der Waals surface area contributed by atoms with Crippen LogP contribution < -0.4 is 15.0 Å². The fourth-order valence-corrected chi connectivity index (χ4v) is 4.47. The molecule has 0 spiro atoms. The van der Waals surface area contributed by atoms with Gasteiger partial charge in [0.25, 0.3) is 0 Å². The van der Waals surface area contributed by atoms with E-state index in [2.05, 4.69) is 55.9 Å². The maximum absolute atomic E-state index is 13.3. The number of aromatic nitrogens is 3. The van der Waals surface area contributed by atoms with Crippen molar-refractivity contribution in [2.24, 2.45) is 0 Å². The Bertz CT molecular complexity index is 1190. The van der Waals surface area contributed by atoms with Crippen LogP contribution >= 0.6 is 0 Å². The average Bonchev–Trinajstić information content (AvgIpc) is 2.88. The summed E-state index contributed by atoms with van der Waals surface area (Å²) in [5.74, 6) is 0.653. The van der Waals surface area contributed by atoms with Crippen LogP contribution in [0.5, 0.6) is 5.75 Å². The van der Waals surface area contributed by atoms with E-state index >= 15 is 0 Å². The number of hydrogen-bond acceptors (Lipinski definition) is 7. The number of anilines is 3. The standard InChI is InChI=1S/C26H30F4N6O/c1-35(2)19-7-9-20(10-8-19)36(3)23-15-17(11-13-31-23)22-12-14-32-25(34-22)33-18-5-4-6-21(16-18)37-26(29,30)24(27)28/h4-6,11-16,19-20,24H,7-10H2,1-3H3,(H,32,33,34). The third kappa shape index (κ3) is 6.65. The van der Waals surface area contributed by atoms with Crippen molar-refractivity contribution in [2.45, 2.75) is 50.3 Å². The van der Waals surface area contributed by atoms with E-state index in [1.54, 1.807) is 24.5 Å². The van der Waals surface area contributed by atoms with Gasteiger partial charge in [0.15, 0.2) is 0 Å². The van der Waals surface area contributed by atoms with Crippen molar-refractivity contribution in [3.8, 4) is 17.0 Å². The van der Waals surface area contributed by atoms with Gasteiger partial charge in [0.05, 0.1) is 5.69 Å². The smallest absolute Gasteiger partial charge is 0.428 e. The summed E-state index contributed by atoms with van der Waals surface area (Å²) in [5, 5.41) is 2.91. The van der Waals surface area contributed by atoms with Crippen molar-refractivity contribution in [2.75, 3.05) is 31.4 Å². The van der Waals surface area contributed by atoms with Gasteiger partial charge in [0.1, 0.15) is 11.6 Å². The molecule has 7 nitrogen and oxygen atoms in total. The molecule has 1 aliphatic rings. The second-order valence-electron chi connectivity index (χ2n) is 9.32. The first-order valence-corrected chi connectivity index (χ1v) is 12.0. The lowest BCUT2D eigenvalue weighted by atomic mass is 9.90. The van der Waals surface area contributed by atoms with E-state index in [9.17, 15) is 17.6 Å². The van der Waals surface area contributed by atoms with Crippen molar-refractivity contribution < 1.29 is 22.3 Å². The van der Waals surface area contributed by atoms with Gasteiger partial charge in [0, 0.05) is 48.8 Å². The van der Waals surface area contributed by atoms with E-state index < -0.39 is 18.3 Å². The lowest BCUT2D eigenvalue weighted by Gasteiger charge is -2.37. The summed E-state index contributed by atoms with van der Waals surface area (Å²) < 4.78 is 55.6. The molecule has 0 aliphatic heterocycles. The second-order valence-corrected chi connectivity index (χ2v) is 9.32. The molecule has 0 atom stereocenters. The van der Waals surface area contributed by atoms with Crippen LogP contribution in [0.25, 0.3) is 11.3 Å². The van der Waals surface area contributed by atoms with E-state index in [0.717, 1.165) is 37.1 Å². The number of nitrogens with one attached hydrogen (secondary N) is 1. The molecule has 1 aromatic carbocycles. The summed E-state index contributed by atoms with van der Waals surface area (Å²) in [6.45, 7) is 0. The summed E-state index contributed by atoms with van der Waals surface area (Å²) in [4.78, 5) is 17.8. The number of nitrogens with zero attached hydrogens (tertiary/aromatic N) is 5. The Kier molecular flexibility index (Phi) is 8.11. The predicted molar refractivity (Wildman–Crippen MR) is 135 cm³/mol. The van der Waals surface area contributed by atoms with Gasteiger partial charge in [-0.15, -0.1) is 0 Å². The van der Waals surface area contributed by atoms with Gasteiger partial charge >= 0.3 is 12.5 Å². The van der Waals surface area contributed by atoms with Crippen LogP contribution in [0.4, 0.5) is 35.0 Å². The molecule has 3 aromatic rings. The lowest BCUT2D eigenvalue weighted by molar-refractivity contribution is -0.253. The highest BCUT2D eigenvalue weighted by Gasteiger charge is 2.44. The molecular formula is C26H30F4N6O. The molecule has 0 saturated heterocycles. The Hall–Kier alpha value is -3.47. The van der Waals surface area contributed by atoms with Crippen LogP contribution in [0, 0.1) is 0 Å². The van der Waals surface area contributed by atoms with Gasteiger partial charge in [-0.3, -0.25) is 0 Å². The second kappa shape index (κ2) is 11.3. The minimum Gasteiger partial charge on any atom is -0.428 e. The van der Waals surface area contributed by atoms with Gasteiger partial charge in [-0.25, -0.2) is 15.0 Å². The number of rotatable bonds is 9. The summed E-state index contributed by atoms with van der Waals surface area (Å²) >= 11 is 0. The zero-order valence-electron chi connectivity index (χ0n) is 20.9. The van der Waals surface area contributed by atoms with Crippen LogP contribution in [0.3, 0.4) is 0 Å². The molecule has 2 aromatic heterocycles. The van der Waals surface area contributed by atoms with Crippen molar-refractivity contribution in [3.05, 3.63) is 54.9 Å². The van der Waals surface area contributed by atoms with E-state index in [1.165, 1.54) is 18.2 Å². The molecule has 0 radical (unpaired) electrons. The zero-order valence-corrected chi connectivity index (χ0v) is 20.9. The number of pyridine rings is 1. The molecule has 0 bridgehead atoms. The van der Waals surface area contributed by atoms with E-state index in [1.807, 2.05) is 12.1 Å². The van der Waals surface area contributed by atoms with E-state index in [4.69, 9.17) is 0 Å². The van der Waals surface area contributed by atoms with Crippen molar-refractivity contribution in [1.29, 1.82) is 0 Å². The lowest BCUT2D eigenvalue weighted by Crippen LogP contribution is -2.40. The normalized spacial score (nSPS) is 18.2. The Balaban J connectivity index is 1.47. The molecule has 1 aliphatic carbocycles. The van der Waals surface area contributed by atoms with Crippen molar-refractivity contribution >= 4 is 17.5 Å². The van der Waals surface area contributed by atoms with Crippen molar-refractivity contribution in [3.63, 3.8) is 0 Å². The average molecular weight is 519 g/mol. The van der Waals surface area contributed by atoms with Crippen LogP contribution in [0.2, 0.25) is 0 Å². The fraction of sp³-hybridized carbons (Fsp3) is 0.423. The Morgan fingerprint density at radius 3 is 2.35 bits per heavy atom. The van der Waals surface area contributed by atoms with Gasteiger partial charge in [-0.1, -0.05) is 6.07 Å². The Morgan fingerprint density at radius 2 is 1.65 bits per heavy atom. The van der Waals surface area contributed by atoms with Gasteiger partial charge in [0.2, 0.25) is 5.95 Å². The van der Waals surface area contributed by atoms with Crippen LogP contribution in [-0.4, -0.2) is 65.6 Å². The molecule has 198 valence electrons. The number of ether oxygens (including phenoxy) is 1. The summed E-state index contributed by atoms with van der Waals surface area (Å²) in [6.07, 6.45) is -0.733. The predicted octanol–water partition coefficient (Wildman–Crippen LogP) is 5.83. The highest BCUT2D eigenvalue weighted by Crippen LogP contribution is 2.31. The fourth-order valence-electron chi connectivity index (χ4n) is 4.47. The van der Waals surface area contributed by atoms with E-state index in [0.29, 0.717) is 23.5 Å². The maximum Gasteiger partial charge on any atom is 0.461 e. The summed E-state index contributed by atoms with van der Waals surface area (Å²) in [6, 6.07) is 11.9. The van der Waals surface area contributed by atoms with Crippen molar-refractivity contribution in [1.82, 2.24) is 19.9 Å². The molecular weight excluding hydrogens is 488 g/mol. The topological polar surface area (TPSA) is 66.4 Å². The molecule has 2 heterocycles. The number of halogens is 4. The first-order valence-electron chi connectivity index (χ1n) is 12.0. The molecule has 1 N–H and O–H groups in total. The number of hydrogen-bond donors (Lipinski definition) is 1. The van der Waals surface area contributed by atoms with Crippen LogP contribution in [0.1, 0.15) is 25.7 Å². The zero-order chi connectivity index (χ0) is 26.6. The number of alkyl halides is 4. The molecule has 37 heavy (non-hydrogen) atoms. The molecule has 1 saturated carbocycles. The molecule has 11 heteroatoms. The third-order valence-electron chi connectivity index (χ3n) is 6.60.